The maximum atomic E-state index is 13.6. The molecular weight excluding hydrogens is 419 g/mol. The number of para-hydroxylation sites is 2. The van der Waals surface area contributed by atoms with Gasteiger partial charge in [0.05, 0.1) is 16.8 Å². The summed E-state index contributed by atoms with van der Waals surface area (Å²) in [6, 6.07) is 17.6. The fraction of sp³-hybridized carbons (Fsp3) is 0.0455. The Balaban J connectivity index is 1.60. The van der Waals surface area contributed by atoms with Gasteiger partial charge in [0.15, 0.2) is 6.61 Å². The van der Waals surface area contributed by atoms with Crippen LogP contribution < -0.4 is 15.5 Å². The molecule has 0 aromatic heterocycles. The van der Waals surface area contributed by atoms with Crippen molar-refractivity contribution in [2.24, 2.45) is 5.10 Å². The Bertz CT molecular complexity index is 1180. The summed E-state index contributed by atoms with van der Waals surface area (Å²) in [4.78, 5) is 34.4. The van der Waals surface area contributed by atoms with Gasteiger partial charge < -0.3 is 10.1 Å². The van der Waals surface area contributed by atoms with E-state index in [1.165, 1.54) is 42.6 Å². The standard InChI is InChI=1S/C22H17FN4O5/c23-18-9-2-3-10-19(18)25-21(28)14-32-20-11-4-1-6-16(20)13-24-26-22(29)15-7-5-8-17(12-15)27(30)31/h1-13H,14H2,(H,25,28)(H,26,29)/b24-13+. The number of rotatable bonds is 8. The molecule has 2 N–H and O–H groups in total. The maximum Gasteiger partial charge on any atom is 0.271 e. The predicted octanol–water partition coefficient (Wildman–Crippen LogP) is 3.52. The summed E-state index contributed by atoms with van der Waals surface area (Å²) < 4.78 is 19.1. The molecule has 0 aliphatic rings. The summed E-state index contributed by atoms with van der Waals surface area (Å²) in [6.07, 6.45) is 1.30. The van der Waals surface area contributed by atoms with Gasteiger partial charge in [0.1, 0.15) is 11.6 Å². The van der Waals surface area contributed by atoms with E-state index in [1.807, 2.05) is 0 Å². The van der Waals surface area contributed by atoms with Gasteiger partial charge in [-0.3, -0.25) is 19.7 Å². The highest BCUT2D eigenvalue weighted by Crippen LogP contribution is 2.17. The molecule has 162 valence electrons. The Morgan fingerprint density at radius 1 is 1.06 bits per heavy atom. The Kier molecular flexibility index (Phi) is 7.20. The van der Waals surface area contributed by atoms with Crippen LogP contribution in [0.3, 0.4) is 0 Å². The molecular formula is C22H17FN4O5. The molecule has 0 unspecified atom stereocenters. The van der Waals surface area contributed by atoms with Gasteiger partial charge in [-0.05, 0) is 30.3 Å². The zero-order valence-electron chi connectivity index (χ0n) is 16.5. The average Bonchev–Trinajstić information content (AvgIpc) is 2.80. The van der Waals surface area contributed by atoms with Crippen LogP contribution in [-0.4, -0.2) is 29.6 Å². The molecule has 0 bridgehead atoms. The van der Waals surface area contributed by atoms with Crippen molar-refractivity contribution < 1.29 is 23.6 Å². The van der Waals surface area contributed by atoms with E-state index in [9.17, 15) is 24.1 Å². The Morgan fingerprint density at radius 3 is 2.59 bits per heavy atom. The molecule has 10 heteroatoms. The molecule has 3 aromatic rings. The third kappa shape index (κ3) is 5.95. The van der Waals surface area contributed by atoms with Gasteiger partial charge in [0, 0.05) is 23.3 Å². The first kappa shape index (κ1) is 22.1. The van der Waals surface area contributed by atoms with Crippen molar-refractivity contribution in [3.63, 3.8) is 0 Å². The van der Waals surface area contributed by atoms with Gasteiger partial charge >= 0.3 is 0 Å². The number of halogens is 1. The van der Waals surface area contributed by atoms with E-state index in [4.69, 9.17) is 4.74 Å². The number of hydrazone groups is 1. The Morgan fingerprint density at radius 2 is 1.81 bits per heavy atom. The van der Waals surface area contributed by atoms with E-state index in [0.717, 1.165) is 6.07 Å². The summed E-state index contributed by atoms with van der Waals surface area (Å²) in [5, 5.41) is 17.1. The third-order valence-corrected chi connectivity index (χ3v) is 4.11. The lowest BCUT2D eigenvalue weighted by atomic mass is 10.2. The van der Waals surface area contributed by atoms with Crippen LogP contribution in [0.2, 0.25) is 0 Å². The molecule has 3 rings (SSSR count). The number of carbonyl (C=O) groups excluding carboxylic acids is 2. The zero-order valence-corrected chi connectivity index (χ0v) is 16.5. The summed E-state index contributed by atoms with van der Waals surface area (Å²) in [6.45, 7) is -0.376. The monoisotopic (exact) mass is 436 g/mol. The molecule has 0 saturated heterocycles. The van der Waals surface area contributed by atoms with Crippen molar-refractivity contribution >= 4 is 29.4 Å². The Hall–Kier alpha value is -4.60. The fourth-order valence-corrected chi connectivity index (χ4v) is 2.60. The lowest BCUT2D eigenvalue weighted by Crippen LogP contribution is -2.21. The minimum absolute atomic E-state index is 0.0415. The van der Waals surface area contributed by atoms with Crippen molar-refractivity contribution in [3.05, 3.63) is 99.9 Å². The van der Waals surface area contributed by atoms with E-state index in [0.29, 0.717) is 11.3 Å². The lowest BCUT2D eigenvalue weighted by Gasteiger charge is -2.10. The average molecular weight is 436 g/mol. The first-order valence-electron chi connectivity index (χ1n) is 9.28. The summed E-state index contributed by atoms with van der Waals surface area (Å²) in [7, 11) is 0. The number of nitrogens with zero attached hydrogens (tertiary/aromatic N) is 2. The molecule has 9 nitrogen and oxygen atoms in total. The topological polar surface area (TPSA) is 123 Å². The third-order valence-electron chi connectivity index (χ3n) is 4.11. The second kappa shape index (κ2) is 10.4. The maximum absolute atomic E-state index is 13.6. The second-order valence-corrected chi connectivity index (χ2v) is 6.36. The largest absolute Gasteiger partial charge is 0.483 e. The molecule has 3 aromatic carbocycles. The number of carbonyl (C=O) groups is 2. The van der Waals surface area contributed by atoms with E-state index < -0.39 is 22.6 Å². The molecule has 0 radical (unpaired) electrons. The van der Waals surface area contributed by atoms with E-state index in [-0.39, 0.29) is 23.5 Å². The molecule has 0 aliphatic carbocycles. The van der Waals surface area contributed by atoms with E-state index in [2.05, 4.69) is 15.8 Å². The molecule has 0 aliphatic heterocycles. The normalized spacial score (nSPS) is 10.5. The van der Waals surface area contributed by atoms with E-state index >= 15 is 0 Å². The minimum Gasteiger partial charge on any atom is -0.483 e. The van der Waals surface area contributed by atoms with Crippen molar-refractivity contribution in [1.82, 2.24) is 5.43 Å². The minimum atomic E-state index is -0.632. The highest BCUT2D eigenvalue weighted by molar-refractivity contribution is 5.95. The van der Waals surface area contributed by atoms with Gasteiger partial charge in [0.2, 0.25) is 0 Å². The van der Waals surface area contributed by atoms with Crippen LogP contribution in [0.4, 0.5) is 15.8 Å². The highest BCUT2D eigenvalue weighted by atomic mass is 19.1. The first-order valence-corrected chi connectivity index (χ1v) is 9.28. The summed E-state index contributed by atoms with van der Waals surface area (Å²) in [5.74, 6) is -1.44. The quantitative estimate of drug-likeness (QED) is 0.318. The Labute approximate surface area is 181 Å². The van der Waals surface area contributed by atoms with Crippen LogP contribution in [0, 0.1) is 15.9 Å². The number of amides is 2. The van der Waals surface area contributed by atoms with Gasteiger partial charge in [0.25, 0.3) is 17.5 Å². The van der Waals surface area contributed by atoms with Gasteiger partial charge in [-0.25, -0.2) is 9.82 Å². The molecule has 32 heavy (non-hydrogen) atoms. The lowest BCUT2D eigenvalue weighted by molar-refractivity contribution is -0.384. The smallest absolute Gasteiger partial charge is 0.271 e. The predicted molar refractivity (Wildman–Crippen MR) is 115 cm³/mol. The number of nitro benzene ring substituents is 1. The first-order chi connectivity index (χ1) is 15.4. The number of benzene rings is 3. The number of nitrogens with one attached hydrogen (secondary N) is 2. The summed E-state index contributed by atoms with van der Waals surface area (Å²) in [5.41, 5.74) is 2.64. The number of hydrogen-bond donors (Lipinski definition) is 2. The van der Waals surface area contributed by atoms with Crippen LogP contribution in [0.25, 0.3) is 0 Å². The number of anilines is 1. The van der Waals surface area contributed by atoms with Gasteiger partial charge in [-0.15, -0.1) is 0 Å². The van der Waals surface area contributed by atoms with Crippen LogP contribution in [0.5, 0.6) is 5.75 Å². The van der Waals surface area contributed by atoms with Crippen molar-refractivity contribution in [1.29, 1.82) is 0 Å². The van der Waals surface area contributed by atoms with Crippen LogP contribution >= 0.6 is 0 Å². The number of nitro groups is 1. The SMILES string of the molecule is O=C(COc1ccccc1/C=N/NC(=O)c1cccc([N+](=O)[O-])c1)Nc1ccccc1F. The molecule has 0 atom stereocenters. The van der Waals surface area contributed by atoms with Crippen molar-refractivity contribution in [2.75, 3.05) is 11.9 Å². The number of hydrogen-bond acceptors (Lipinski definition) is 6. The highest BCUT2D eigenvalue weighted by Gasteiger charge is 2.11. The molecule has 2 amide bonds. The molecule has 0 saturated carbocycles. The van der Waals surface area contributed by atoms with Crippen LogP contribution in [0.1, 0.15) is 15.9 Å². The van der Waals surface area contributed by atoms with Gasteiger partial charge in [-0.1, -0.05) is 30.3 Å². The van der Waals surface area contributed by atoms with Gasteiger partial charge in [-0.2, -0.15) is 5.10 Å². The van der Waals surface area contributed by atoms with Crippen LogP contribution in [0.15, 0.2) is 77.9 Å². The van der Waals surface area contributed by atoms with Crippen LogP contribution in [-0.2, 0) is 4.79 Å². The zero-order chi connectivity index (χ0) is 22.9. The molecule has 0 spiro atoms. The number of non-ortho nitro benzene ring substituents is 1. The second-order valence-electron chi connectivity index (χ2n) is 6.36. The number of ether oxygens (including phenoxy) is 1. The van der Waals surface area contributed by atoms with E-state index in [1.54, 1.807) is 30.3 Å². The fourth-order valence-electron chi connectivity index (χ4n) is 2.60. The molecule has 0 heterocycles. The van der Waals surface area contributed by atoms with Crippen molar-refractivity contribution in [3.8, 4) is 5.75 Å². The summed E-state index contributed by atoms with van der Waals surface area (Å²) >= 11 is 0. The molecule has 0 fully saturated rings. The van der Waals surface area contributed by atoms with Crippen molar-refractivity contribution in [2.45, 2.75) is 0 Å².